The maximum atomic E-state index is 11.8. The van der Waals surface area contributed by atoms with Gasteiger partial charge in [0.15, 0.2) is 11.5 Å². The van der Waals surface area contributed by atoms with E-state index >= 15 is 0 Å². The first-order valence-electron chi connectivity index (χ1n) is 7.29. The number of anilines is 1. The average Bonchev–Trinajstić information content (AvgIpc) is 3.15. The number of aromatic nitrogens is 2. The molecule has 0 fully saturated rings. The number of rotatable bonds is 6. The van der Waals surface area contributed by atoms with Gasteiger partial charge in [0.1, 0.15) is 5.01 Å². The van der Waals surface area contributed by atoms with Crippen LogP contribution in [0.2, 0.25) is 0 Å². The van der Waals surface area contributed by atoms with E-state index in [9.17, 15) is 4.79 Å². The highest BCUT2D eigenvalue weighted by Gasteiger charge is 2.16. The Bertz CT molecular complexity index is 672. The van der Waals surface area contributed by atoms with E-state index in [0.717, 1.165) is 35.6 Å². The maximum absolute atomic E-state index is 11.8. The topological polar surface area (TPSA) is 73.3 Å². The quantitative estimate of drug-likeness (QED) is 0.826. The molecule has 0 radical (unpaired) electrons. The third kappa shape index (κ3) is 3.36. The summed E-state index contributed by atoms with van der Waals surface area (Å²) in [5, 5.41) is 12.2. The molecule has 0 saturated carbocycles. The summed E-state index contributed by atoms with van der Waals surface area (Å²) in [5.74, 6) is 1.43. The van der Waals surface area contributed by atoms with Crippen LogP contribution in [0.3, 0.4) is 0 Å². The van der Waals surface area contributed by atoms with Crippen molar-refractivity contribution in [3.05, 3.63) is 18.2 Å². The summed E-state index contributed by atoms with van der Waals surface area (Å²) in [6.07, 6.45) is 3.58. The summed E-state index contributed by atoms with van der Waals surface area (Å²) in [6.45, 7) is 2.36. The molecular formula is C15H17N3O3S. The molecule has 1 amide bonds. The highest BCUT2D eigenvalue weighted by Crippen LogP contribution is 2.37. The number of carbonyl (C=O) groups is 1. The molecule has 1 N–H and O–H groups in total. The zero-order valence-corrected chi connectivity index (χ0v) is 13.1. The van der Waals surface area contributed by atoms with Crippen LogP contribution < -0.4 is 14.8 Å². The molecule has 0 aliphatic carbocycles. The molecule has 2 aromatic rings. The third-order valence-corrected chi connectivity index (χ3v) is 4.19. The Balaban J connectivity index is 1.65. The van der Waals surface area contributed by atoms with Gasteiger partial charge in [0.2, 0.25) is 17.8 Å². The van der Waals surface area contributed by atoms with Crippen molar-refractivity contribution in [2.75, 3.05) is 12.1 Å². The monoisotopic (exact) mass is 319 g/mol. The first kappa shape index (κ1) is 14.8. The first-order chi connectivity index (χ1) is 10.8. The molecule has 116 valence electrons. The molecule has 0 spiro atoms. The van der Waals surface area contributed by atoms with E-state index in [4.69, 9.17) is 9.47 Å². The number of hydrogen-bond donors (Lipinski definition) is 1. The molecule has 0 saturated heterocycles. The van der Waals surface area contributed by atoms with Crippen molar-refractivity contribution in [2.45, 2.75) is 32.6 Å². The second-order valence-electron chi connectivity index (χ2n) is 4.99. The number of carbonyl (C=O) groups excluding carboxylic acids is 1. The molecule has 1 aromatic carbocycles. The van der Waals surface area contributed by atoms with Gasteiger partial charge in [-0.05, 0) is 24.6 Å². The van der Waals surface area contributed by atoms with Gasteiger partial charge in [0, 0.05) is 12.0 Å². The number of hydrogen-bond acceptors (Lipinski definition) is 6. The highest BCUT2D eigenvalue weighted by molar-refractivity contribution is 7.18. The minimum atomic E-state index is -0.0122. The second-order valence-corrected chi connectivity index (χ2v) is 5.96. The fraction of sp³-hybridized carbons (Fsp3) is 0.400. The van der Waals surface area contributed by atoms with Crippen LogP contribution in [-0.2, 0) is 4.79 Å². The molecule has 6 nitrogen and oxygen atoms in total. The highest BCUT2D eigenvalue weighted by atomic mass is 32.1. The Morgan fingerprint density at radius 3 is 3.00 bits per heavy atom. The van der Waals surface area contributed by atoms with Crippen molar-refractivity contribution in [1.82, 2.24) is 10.2 Å². The number of amides is 1. The minimum absolute atomic E-state index is 0.0122. The lowest BCUT2D eigenvalue weighted by Crippen LogP contribution is -2.10. The lowest BCUT2D eigenvalue weighted by molar-refractivity contribution is -0.116. The summed E-state index contributed by atoms with van der Waals surface area (Å²) < 4.78 is 10.6. The molecule has 7 heteroatoms. The van der Waals surface area contributed by atoms with Crippen LogP contribution in [0.5, 0.6) is 11.5 Å². The first-order valence-corrected chi connectivity index (χ1v) is 8.11. The van der Waals surface area contributed by atoms with Crippen molar-refractivity contribution in [1.29, 1.82) is 0 Å². The average molecular weight is 319 g/mol. The lowest BCUT2D eigenvalue weighted by atomic mass is 10.2. The predicted molar refractivity (Wildman–Crippen MR) is 84.2 cm³/mol. The van der Waals surface area contributed by atoms with Gasteiger partial charge in [0.05, 0.1) is 0 Å². The standard InChI is InChI=1S/C15H17N3O3S/c1-2-3-4-5-13(19)16-15-18-17-14(22-15)10-6-7-11-12(8-10)21-9-20-11/h6-8H,2-5,9H2,1H3,(H,16,18,19). The number of fused-ring (bicyclic) bond motifs is 1. The fourth-order valence-corrected chi connectivity index (χ4v) is 2.89. The zero-order chi connectivity index (χ0) is 15.4. The molecule has 1 aliphatic rings. The van der Waals surface area contributed by atoms with Gasteiger partial charge in [0.25, 0.3) is 0 Å². The van der Waals surface area contributed by atoms with E-state index in [-0.39, 0.29) is 12.7 Å². The Hall–Kier alpha value is -2.15. The van der Waals surface area contributed by atoms with E-state index in [0.29, 0.717) is 17.3 Å². The van der Waals surface area contributed by atoms with Crippen LogP contribution in [-0.4, -0.2) is 22.9 Å². The number of ether oxygens (including phenoxy) is 2. The van der Waals surface area contributed by atoms with E-state index in [1.807, 2.05) is 18.2 Å². The number of nitrogens with zero attached hydrogens (tertiary/aromatic N) is 2. The Morgan fingerprint density at radius 2 is 2.14 bits per heavy atom. The van der Waals surface area contributed by atoms with Crippen molar-refractivity contribution in [3.63, 3.8) is 0 Å². The summed E-state index contributed by atoms with van der Waals surface area (Å²) >= 11 is 1.35. The fourth-order valence-electron chi connectivity index (χ4n) is 2.14. The van der Waals surface area contributed by atoms with Gasteiger partial charge >= 0.3 is 0 Å². The summed E-state index contributed by atoms with van der Waals surface area (Å²) in [6, 6.07) is 5.62. The van der Waals surface area contributed by atoms with Gasteiger partial charge in [-0.25, -0.2) is 0 Å². The molecule has 0 unspecified atom stereocenters. The Morgan fingerprint density at radius 1 is 1.27 bits per heavy atom. The molecule has 2 heterocycles. The molecule has 3 rings (SSSR count). The predicted octanol–water partition coefficient (Wildman–Crippen LogP) is 3.45. The number of nitrogens with one attached hydrogen (secondary N) is 1. The van der Waals surface area contributed by atoms with Gasteiger partial charge in [-0.1, -0.05) is 31.1 Å². The van der Waals surface area contributed by atoms with Crippen molar-refractivity contribution in [3.8, 4) is 22.1 Å². The van der Waals surface area contributed by atoms with Crippen molar-refractivity contribution in [2.24, 2.45) is 0 Å². The number of benzene rings is 1. The van der Waals surface area contributed by atoms with E-state index in [2.05, 4.69) is 22.4 Å². The van der Waals surface area contributed by atoms with Crippen molar-refractivity contribution >= 4 is 22.4 Å². The van der Waals surface area contributed by atoms with Crippen LogP contribution in [0.1, 0.15) is 32.6 Å². The molecule has 1 aromatic heterocycles. The van der Waals surface area contributed by atoms with E-state index in [1.165, 1.54) is 11.3 Å². The Labute approximate surface area is 132 Å². The van der Waals surface area contributed by atoms with Crippen molar-refractivity contribution < 1.29 is 14.3 Å². The SMILES string of the molecule is CCCCCC(=O)Nc1nnc(-c2ccc3c(c2)OCO3)s1. The molecule has 22 heavy (non-hydrogen) atoms. The summed E-state index contributed by atoms with van der Waals surface area (Å²) in [4.78, 5) is 11.8. The van der Waals surface area contributed by atoms with Crippen LogP contribution in [0.4, 0.5) is 5.13 Å². The minimum Gasteiger partial charge on any atom is -0.454 e. The van der Waals surface area contributed by atoms with Gasteiger partial charge < -0.3 is 14.8 Å². The van der Waals surface area contributed by atoms with Gasteiger partial charge in [-0.3, -0.25) is 4.79 Å². The second kappa shape index (κ2) is 6.74. The molecule has 0 bridgehead atoms. The molecular weight excluding hydrogens is 302 g/mol. The van der Waals surface area contributed by atoms with Crippen LogP contribution in [0.25, 0.3) is 10.6 Å². The van der Waals surface area contributed by atoms with E-state index in [1.54, 1.807) is 0 Å². The van der Waals surface area contributed by atoms with E-state index < -0.39 is 0 Å². The summed E-state index contributed by atoms with van der Waals surface area (Å²) in [5.41, 5.74) is 0.897. The largest absolute Gasteiger partial charge is 0.454 e. The van der Waals surface area contributed by atoms with Crippen LogP contribution in [0, 0.1) is 0 Å². The normalized spacial score (nSPS) is 12.4. The lowest BCUT2D eigenvalue weighted by Gasteiger charge is -2.00. The Kier molecular flexibility index (Phi) is 4.53. The van der Waals surface area contributed by atoms with Gasteiger partial charge in [-0.15, -0.1) is 10.2 Å². The third-order valence-electron chi connectivity index (χ3n) is 3.30. The smallest absolute Gasteiger partial charge is 0.231 e. The maximum Gasteiger partial charge on any atom is 0.231 e. The van der Waals surface area contributed by atoms with Crippen LogP contribution in [0.15, 0.2) is 18.2 Å². The molecule has 1 aliphatic heterocycles. The zero-order valence-electron chi connectivity index (χ0n) is 12.3. The number of unbranched alkanes of at least 4 members (excludes halogenated alkanes) is 2. The van der Waals surface area contributed by atoms with Gasteiger partial charge in [-0.2, -0.15) is 0 Å². The molecule has 0 atom stereocenters. The summed E-state index contributed by atoms with van der Waals surface area (Å²) in [7, 11) is 0. The van der Waals surface area contributed by atoms with Crippen LogP contribution >= 0.6 is 11.3 Å².